The maximum Gasteiger partial charge on any atom is 0.242 e. The molecular formula is C14H20N4O3. The van der Waals surface area contributed by atoms with Crippen LogP contribution in [0.25, 0.3) is 0 Å². The third kappa shape index (κ3) is 3.07. The van der Waals surface area contributed by atoms with E-state index in [0.717, 1.165) is 17.9 Å². The molecule has 0 unspecified atom stereocenters. The maximum absolute atomic E-state index is 12.3. The Labute approximate surface area is 123 Å². The summed E-state index contributed by atoms with van der Waals surface area (Å²) >= 11 is 0. The molecule has 7 heteroatoms. The number of carbonyl (C=O) groups is 2. The zero-order valence-corrected chi connectivity index (χ0v) is 12.2. The quantitative estimate of drug-likeness (QED) is 0.865. The first-order valence-electron chi connectivity index (χ1n) is 7.32. The lowest BCUT2D eigenvalue weighted by molar-refractivity contribution is -0.144. The second-order valence-corrected chi connectivity index (χ2v) is 5.57. The van der Waals surface area contributed by atoms with Crippen molar-refractivity contribution in [3.05, 3.63) is 17.7 Å². The van der Waals surface area contributed by atoms with Crippen LogP contribution in [0.1, 0.15) is 30.5 Å². The Bertz CT molecular complexity index is 542. The Morgan fingerprint density at radius 3 is 3.05 bits per heavy atom. The van der Waals surface area contributed by atoms with E-state index in [9.17, 15) is 9.59 Å². The van der Waals surface area contributed by atoms with Crippen molar-refractivity contribution >= 4 is 11.8 Å². The van der Waals surface area contributed by atoms with Crippen LogP contribution in [0.2, 0.25) is 0 Å². The zero-order chi connectivity index (χ0) is 14.8. The van der Waals surface area contributed by atoms with Gasteiger partial charge in [-0.25, -0.2) is 4.98 Å². The molecular weight excluding hydrogens is 272 g/mol. The molecule has 2 aliphatic heterocycles. The summed E-state index contributed by atoms with van der Waals surface area (Å²) in [4.78, 5) is 34.7. The van der Waals surface area contributed by atoms with Crippen LogP contribution in [0.15, 0.2) is 6.20 Å². The van der Waals surface area contributed by atoms with E-state index in [0.29, 0.717) is 32.7 Å². The van der Waals surface area contributed by atoms with Crippen LogP contribution in [0.3, 0.4) is 0 Å². The number of hydrogen-bond donors (Lipinski definition) is 1. The molecule has 0 bridgehead atoms. The highest BCUT2D eigenvalue weighted by Gasteiger charge is 2.30. The van der Waals surface area contributed by atoms with Crippen molar-refractivity contribution < 1.29 is 14.3 Å². The molecule has 2 amide bonds. The number of nitrogens with zero attached hydrogens (tertiary/aromatic N) is 3. The van der Waals surface area contributed by atoms with Gasteiger partial charge in [-0.15, -0.1) is 0 Å². The summed E-state index contributed by atoms with van der Waals surface area (Å²) in [5.41, 5.74) is 0.972. The van der Waals surface area contributed by atoms with Crippen LogP contribution in [0.5, 0.6) is 0 Å². The fourth-order valence-electron chi connectivity index (χ4n) is 2.77. The van der Waals surface area contributed by atoms with Gasteiger partial charge < -0.3 is 19.5 Å². The van der Waals surface area contributed by atoms with Gasteiger partial charge in [0.1, 0.15) is 11.9 Å². The minimum atomic E-state index is -0.217. The summed E-state index contributed by atoms with van der Waals surface area (Å²) in [6.07, 6.45) is 2.95. The molecule has 1 aromatic heterocycles. The summed E-state index contributed by atoms with van der Waals surface area (Å²) in [6.45, 7) is 4.34. The third-order valence-corrected chi connectivity index (χ3v) is 3.94. The van der Waals surface area contributed by atoms with Crippen LogP contribution in [0, 0.1) is 6.92 Å². The highest BCUT2D eigenvalue weighted by Crippen LogP contribution is 2.20. The number of morpholine rings is 1. The molecule has 1 N–H and O–H groups in total. The maximum atomic E-state index is 12.3. The standard InChI is InChI=1S/C14H20N4O3/c1-10-7-15-14(16-10)11-8-18(5-6-21-11)13(20)9-17-4-2-3-12(17)19/h7,11H,2-6,8-9H2,1H3,(H,15,16)/t11-/m1/s1. The van der Waals surface area contributed by atoms with Crippen LogP contribution in [0.4, 0.5) is 0 Å². The molecule has 7 nitrogen and oxygen atoms in total. The minimum absolute atomic E-state index is 0.0122. The van der Waals surface area contributed by atoms with Crippen LogP contribution in [-0.4, -0.2) is 64.4 Å². The van der Waals surface area contributed by atoms with E-state index in [1.54, 1.807) is 16.0 Å². The van der Waals surface area contributed by atoms with E-state index in [2.05, 4.69) is 9.97 Å². The number of aromatic amines is 1. The number of imidazole rings is 1. The Balaban J connectivity index is 1.60. The Hall–Kier alpha value is -1.89. The Kier molecular flexibility index (Phi) is 3.92. The highest BCUT2D eigenvalue weighted by atomic mass is 16.5. The zero-order valence-electron chi connectivity index (χ0n) is 12.2. The number of likely N-dealkylation sites (tertiary alicyclic amines) is 1. The molecule has 1 aromatic rings. The van der Waals surface area contributed by atoms with Crippen LogP contribution >= 0.6 is 0 Å². The molecule has 21 heavy (non-hydrogen) atoms. The number of aryl methyl sites for hydroxylation is 1. The van der Waals surface area contributed by atoms with Crippen molar-refractivity contribution in [2.24, 2.45) is 0 Å². The summed E-state index contributed by atoms with van der Waals surface area (Å²) in [6, 6.07) is 0. The summed E-state index contributed by atoms with van der Waals surface area (Å²) in [5.74, 6) is 0.818. The molecule has 2 fully saturated rings. The lowest BCUT2D eigenvalue weighted by Gasteiger charge is -2.33. The Morgan fingerprint density at radius 1 is 1.52 bits per heavy atom. The molecule has 0 aliphatic carbocycles. The number of carbonyl (C=O) groups excluding carboxylic acids is 2. The molecule has 3 rings (SSSR count). The van der Waals surface area contributed by atoms with Gasteiger partial charge in [-0.3, -0.25) is 9.59 Å². The van der Waals surface area contributed by atoms with E-state index in [4.69, 9.17) is 4.74 Å². The molecule has 2 aliphatic rings. The number of hydrogen-bond acceptors (Lipinski definition) is 4. The first kappa shape index (κ1) is 14.1. The normalized spacial score (nSPS) is 22.9. The van der Waals surface area contributed by atoms with Crippen LogP contribution in [-0.2, 0) is 14.3 Å². The van der Waals surface area contributed by atoms with E-state index in [-0.39, 0.29) is 24.5 Å². The fraction of sp³-hybridized carbons (Fsp3) is 0.643. The van der Waals surface area contributed by atoms with Gasteiger partial charge in [-0.2, -0.15) is 0 Å². The van der Waals surface area contributed by atoms with Gasteiger partial charge in [0.2, 0.25) is 11.8 Å². The largest absolute Gasteiger partial charge is 0.367 e. The second-order valence-electron chi connectivity index (χ2n) is 5.57. The number of amides is 2. The molecule has 0 saturated carbocycles. The van der Waals surface area contributed by atoms with Crippen molar-refractivity contribution in [1.29, 1.82) is 0 Å². The van der Waals surface area contributed by atoms with E-state index >= 15 is 0 Å². The number of ether oxygens (including phenoxy) is 1. The molecule has 1 atom stereocenters. The predicted molar refractivity (Wildman–Crippen MR) is 74.4 cm³/mol. The fourth-order valence-corrected chi connectivity index (χ4v) is 2.77. The van der Waals surface area contributed by atoms with Crippen molar-refractivity contribution in [3.63, 3.8) is 0 Å². The average molecular weight is 292 g/mol. The van der Waals surface area contributed by atoms with Crippen molar-refractivity contribution in [2.45, 2.75) is 25.9 Å². The van der Waals surface area contributed by atoms with Gasteiger partial charge in [0, 0.05) is 31.4 Å². The van der Waals surface area contributed by atoms with E-state index < -0.39 is 0 Å². The molecule has 0 radical (unpaired) electrons. The highest BCUT2D eigenvalue weighted by molar-refractivity contribution is 5.85. The van der Waals surface area contributed by atoms with Crippen molar-refractivity contribution in [3.8, 4) is 0 Å². The van der Waals surface area contributed by atoms with Gasteiger partial charge in [-0.1, -0.05) is 0 Å². The number of aromatic nitrogens is 2. The first-order valence-corrected chi connectivity index (χ1v) is 7.32. The lowest BCUT2D eigenvalue weighted by atomic mass is 10.2. The number of rotatable bonds is 3. The lowest BCUT2D eigenvalue weighted by Crippen LogP contribution is -2.47. The Morgan fingerprint density at radius 2 is 2.38 bits per heavy atom. The van der Waals surface area contributed by atoms with E-state index in [1.165, 1.54) is 0 Å². The number of H-pyrrole nitrogens is 1. The molecule has 2 saturated heterocycles. The molecule has 3 heterocycles. The van der Waals surface area contributed by atoms with Gasteiger partial charge >= 0.3 is 0 Å². The molecule has 0 spiro atoms. The topological polar surface area (TPSA) is 78.5 Å². The summed E-state index contributed by atoms with van der Waals surface area (Å²) < 4.78 is 5.68. The third-order valence-electron chi connectivity index (χ3n) is 3.94. The molecule has 0 aromatic carbocycles. The van der Waals surface area contributed by atoms with Gasteiger partial charge in [0.05, 0.1) is 19.7 Å². The minimum Gasteiger partial charge on any atom is -0.367 e. The SMILES string of the molecule is Cc1cnc([C@H]2CN(C(=O)CN3CCCC3=O)CCO2)[nH]1. The van der Waals surface area contributed by atoms with Crippen molar-refractivity contribution in [1.82, 2.24) is 19.8 Å². The molecule has 114 valence electrons. The van der Waals surface area contributed by atoms with Gasteiger partial charge in [-0.05, 0) is 13.3 Å². The van der Waals surface area contributed by atoms with Crippen LogP contribution < -0.4 is 0 Å². The smallest absolute Gasteiger partial charge is 0.242 e. The predicted octanol–water partition coefficient (Wildman–Crippen LogP) is 0.240. The number of nitrogens with one attached hydrogen (secondary N) is 1. The van der Waals surface area contributed by atoms with Gasteiger partial charge in [0.25, 0.3) is 0 Å². The van der Waals surface area contributed by atoms with Crippen molar-refractivity contribution in [2.75, 3.05) is 32.8 Å². The van der Waals surface area contributed by atoms with E-state index in [1.807, 2.05) is 6.92 Å². The first-order chi connectivity index (χ1) is 10.1. The monoisotopic (exact) mass is 292 g/mol. The second kappa shape index (κ2) is 5.85. The summed E-state index contributed by atoms with van der Waals surface area (Å²) in [7, 11) is 0. The summed E-state index contributed by atoms with van der Waals surface area (Å²) in [5, 5.41) is 0. The average Bonchev–Trinajstić information content (AvgIpc) is 3.08. The van der Waals surface area contributed by atoms with Gasteiger partial charge in [0.15, 0.2) is 0 Å².